The fourth-order valence-electron chi connectivity index (χ4n) is 2.55. The van der Waals surface area contributed by atoms with Crippen molar-refractivity contribution < 1.29 is 22.7 Å². The van der Waals surface area contributed by atoms with E-state index in [1.54, 1.807) is 25.1 Å². The van der Waals surface area contributed by atoms with E-state index < -0.39 is 10.0 Å². The fourth-order valence-corrected chi connectivity index (χ4v) is 3.33. The number of rotatable bonds is 4. The van der Waals surface area contributed by atoms with Gasteiger partial charge in [0, 0.05) is 5.56 Å². The molecule has 0 saturated carbocycles. The monoisotopic (exact) mass is 396 g/mol. The molecule has 7 nitrogen and oxygen atoms in total. The zero-order chi connectivity index (χ0) is 18.9. The quantitative estimate of drug-likeness (QED) is 0.824. The number of benzene rings is 2. The van der Waals surface area contributed by atoms with Gasteiger partial charge in [-0.15, -0.1) is 0 Å². The molecule has 3 N–H and O–H groups in total. The Kier molecular flexibility index (Phi) is 5.08. The van der Waals surface area contributed by atoms with Gasteiger partial charge < -0.3 is 14.8 Å². The van der Waals surface area contributed by atoms with Gasteiger partial charge in [0.05, 0.1) is 16.0 Å². The normalized spacial score (nSPS) is 14.6. The van der Waals surface area contributed by atoms with Crippen LogP contribution in [0, 0.1) is 0 Å². The van der Waals surface area contributed by atoms with Crippen LogP contribution in [0.15, 0.2) is 41.3 Å². The van der Waals surface area contributed by atoms with Gasteiger partial charge in [-0.1, -0.05) is 23.7 Å². The van der Waals surface area contributed by atoms with E-state index in [4.69, 9.17) is 26.2 Å². The Labute approximate surface area is 156 Å². The van der Waals surface area contributed by atoms with Crippen LogP contribution in [-0.2, 0) is 10.0 Å². The first-order chi connectivity index (χ1) is 12.3. The topological polar surface area (TPSA) is 108 Å². The first-order valence-corrected chi connectivity index (χ1v) is 9.71. The summed E-state index contributed by atoms with van der Waals surface area (Å²) >= 11 is 6.15. The molecule has 0 radical (unpaired) electrons. The zero-order valence-electron chi connectivity index (χ0n) is 13.9. The SMILES string of the molecule is C[C@@H](NC(=O)c1cc(Cl)c2c(c1)OCCO2)c1ccc(S(N)(=O)=O)cc1. The number of carbonyl (C=O) groups is 1. The van der Waals surface area contributed by atoms with Crippen molar-refractivity contribution in [2.24, 2.45) is 5.14 Å². The molecule has 0 unspecified atom stereocenters. The van der Waals surface area contributed by atoms with E-state index >= 15 is 0 Å². The van der Waals surface area contributed by atoms with E-state index in [0.29, 0.717) is 35.3 Å². The van der Waals surface area contributed by atoms with Crippen molar-refractivity contribution in [3.63, 3.8) is 0 Å². The van der Waals surface area contributed by atoms with E-state index in [2.05, 4.69) is 5.32 Å². The van der Waals surface area contributed by atoms with E-state index in [-0.39, 0.29) is 16.8 Å². The number of carbonyl (C=O) groups excluding carboxylic acids is 1. The molecular formula is C17H17ClN2O5S. The van der Waals surface area contributed by atoms with Crippen LogP contribution in [0.1, 0.15) is 28.9 Å². The molecule has 2 aromatic rings. The van der Waals surface area contributed by atoms with Crippen molar-refractivity contribution in [3.8, 4) is 11.5 Å². The number of primary sulfonamides is 1. The largest absolute Gasteiger partial charge is 0.486 e. The number of nitrogens with one attached hydrogen (secondary N) is 1. The summed E-state index contributed by atoms with van der Waals surface area (Å²) in [7, 11) is -3.75. The first kappa shape index (κ1) is 18.5. The molecule has 1 aliphatic heterocycles. The smallest absolute Gasteiger partial charge is 0.251 e. The Morgan fingerprint density at radius 3 is 2.50 bits per heavy atom. The third-order valence-electron chi connectivity index (χ3n) is 3.92. The number of ether oxygens (including phenoxy) is 2. The summed E-state index contributed by atoms with van der Waals surface area (Å²) in [6.07, 6.45) is 0. The standard InChI is InChI=1S/C17H17ClN2O5S/c1-10(11-2-4-13(5-3-11)26(19,22)23)20-17(21)12-8-14(18)16-15(9-12)24-6-7-25-16/h2-5,8-10H,6-7H2,1H3,(H,20,21)(H2,19,22,23)/t10-/m1/s1. The van der Waals surface area contributed by atoms with Crippen LogP contribution in [0.4, 0.5) is 0 Å². The number of nitrogens with two attached hydrogens (primary N) is 1. The summed E-state index contributed by atoms with van der Waals surface area (Å²) in [5.41, 5.74) is 1.07. The lowest BCUT2D eigenvalue weighted by atomic mass is 10.1. The molecular weight excluding hydrogens is 380 g/mol. The molecule has 1 atom stereocenters. The molecule has 1 aliphatic rings. The molecule has 138 valence electrons. The highest BCUT2D eigenvalue weighted by molar-refractivity contribution is 7.89. The third-order valence-corrected chi connectivity index (χ3v) is 5.13. The number of fused-ring (bicyclic) bond motifs is 1. The minimum Gasteiger partial charge on any atom is -0.486 e. The average Bonchev–Trinajstić information content (AvgIpc) is 2.61. The molecule has 0 spiro atoms. The molecule has 9 heteroatoms. The number of amides is 1. The van der Waals surface area contributed by atoms with Gasteiger partial charge in [0.2, 0.25) is 10.0 Å². The van der Waals surface area contributed by atoms with Gasteiger partial charge in [-0.25, -0.2) is 13.6 Å². The maximum Gasteiger partial charge on any atom is 0.251 e. The molecule has 0 aromatic heterocycles. The molecule has 0 aliphatic carbocycles. The van der Waals surface area contributed by atoms with Gasteiger partial charge in [0.15, 0.2) is 11.5 Å². The number of sulfonamides is 1. The second kappa shape index (κ2) is 7.14. The Hall–Kier alpha value is -2.29. The maximum atomic E-state index is 12.5. The summed E-state index contributed by atoms with van der Waals surface area (Å²) in [5, 5.41) is 8.21. The number of halogens is 1. The number of hydrogen-bond donors (Lipinski definition) is 2. The molecule has 1 heterocycles. The maximum absolute atomic E-state index is 12.5. The summed E-state index contributed by atoms with van der Waals surface area (Å²) in [5.74, 6) is 0.520. The van der Waals surface area contributed by atoms with Gasteiger partial charge in [-0.05, 0) is 36.8 Å². The van der Waals surface area contributed by atoms with Gasteiger partial charge in [-0.2, -0.15) is 0 Å². The fraction of sp³-hybridized carbons (Fsp3) is 0.235. The first-order valence-electron chi connectivity index (χ1n) is 7.78. The highest BCUT2D eigenvalue weighted by atomic mass is 35.5. The molecule has 2 aromatic carbocycles. The Morgan fingerprint density at radius 2 is 1.85 bits per heavy atom. The molecule has 0 fully saturated rings. The van der Waals surface area contributed by atoms with Gasteiger partial charge >= 0.3 is 0 Å². The van der Waals surface area contributed by atoms with Crippen molar-refractivity contribution in [1.82, 2.24) is 5.32 Å². The van der Waals surface area contributed by atoms with Crippen LogP contribution in [0.25, 0.3) is 0 Å². The van der Waals surface area contributed by atoms with Crippen molar-refractivity contribution >= 4 is 27.5 Å². The van der Waals surface area contributed by atoms with E-state index in [1.165, 1.54) is 18.2 Å². The second-order valence-corrected chi connectivity index (χ2v) is 7.76. The van der Waals surface area contributed by atoms with Gasteiger partial charge in [0.1, 0.15) is 13.2 Å². The predicted molar refractivity (Wildman–Crippen MR) is 96.1 cm³/mol. The van der Waals surface area contributed by atoms with Crippen molar-refractivity contribution in [2.45, 2.75) is 17.9 Å². The van der Waals surface area contributed by atoms with Crippen LogP contribution in [0.3, 0.4) is 0 Å². The average molecular weight is 397 g/mol. The Morgan fingerprint density at radius 1 is 1.19 bits per heavy atom. The van der Waals surface area contributed by atoms with Crippen molar-refractivity contribution in [3.05, 3.63) is 52.5 Å². The lowest BCUT2D eigenvalue weighted by Gasteiger charge is -2.21. The number of hydrogen-bond acceptors (Lipinski definition) is 5. The highest BCUT2D eigenvalue weighted by Crippen LogP contribution is 2.38. The van der Waals surface area contributed by atoms with Crippen molar-refractivity contribution in [1.29, 1.82) is 0 Å². The lowest BCUT2D eigenvalue weighted by Crippen LogP contribution is -2.27. The van der Waals surface area contributed by atoms with Gasteiger partial charge in [-0.3, -0.25) is 4.79 Å². The second-order valence-electron chi connectivity index (χ2n) is 5.79. The molecule has 0 bridgehead atoms. The van der Waals surface area contributed by atoms with Crippen LogP contribution >= 0.6 is 11.6 Å². The zero-order valence-corrected chi connectivity index (χ0v) is 15.4. The lowest BCUT2D eigenvalue weighted by molar-refractivity contribution is 0.0938. The molecule has 1 amide bonds. The molecule has 26 heavy (non-hydrogen) atoms. The summed E-state index contributed by atoms with van der Waals surface area (Å²) in [6.45, 7) is 2.58. The Balaban J connectivity index is 1.76. The predicted octanol–water partition coefficient (Wildman–Crippen LogP) is 2.25. The van der Waals surface area contributed by atoms with E-state index in [1.807, 2.05) is 0 Å². The summed E-state index contributed by atoms with van der Waals surface area (Å²) < 4.78 is 33.5. The third kappa shape index (κ3) is 3.92. The highest BCUT2D eigenvalue weighted by Gasteiger charge is 2.20. The van der Waals surface area contributed by atoms with Gasteiger partial charge in [0.25, 0.3) is 5.91 Å². The van der Waals surface area contributed by atoms with Crippen LogP contribution in [0.2, 0.25) is 5.02 Å². The van der Waals surface area contributed by atoms with Crippen LogP contribution < -0.4 is 19.9 Å². The Bertz CT molecular complexity index is 944. The van der Waals surface area contributed by atoms with Crippen LogP contribution in [-0.4, -0.2) is 27.5 Å². The summed E-state index contributed by atoms with van der Waals surface area (Å²) in [4.78, 5) is 12.5. The van der Waals surface area contributed by atoms with Crippen LogP contribution in [0.5, 0.6) is 11.5 Å². The minimum absolute atomic E-state index is 0.0124. The minimum atomic E-state index is -3.75. The van der Waals surface area contributed by atoms with Crippen molar-refractivity contribution in [2.75, 3.05) is 13.2 Å². The molecule has 3 rings (SSSR count). The summed E-state index contributed by atoms with van der Waals surface area (Å²) in [6, 6.07) is 8.73. The molecule has 0 saturated heterocycles. The van der Waals surface area contributed by atoms with E-state index in [9.17, 15) is 13.2 Å². The van der Waals surface area contributed by atoms with E-state index in [0.717, 1.165) is 5.56 Å².